The van der Waals surface area contributed by atoms with Crippen molar-refractivity contribution in [3.8, 4) is 0 Å². The summed E-state index contributed by atoms with van der Waals surface area (Å²) in [5.74, 6) is -1.01. The van der Waals surface area contributed by atoms with Gasteiger partial charge >= 0.3 is 17.9 Å². The first kappa shape index (κ1) is 54.1. The van der Waals surface area contributed by atoms with Gasteiger partial charge in [-0.2, -0.15) is 0 Å². The molecule has 0 aromatic rings. The number of rotatable bonds is 39. The summed E-state index contributed by atoms with van der Waals surface area (Å²) in [6.45, 7) is 6.17. The van der Waals surface area contributed by atoms with Gasteiger partial charge in [0.05, 0.1) is 0 Å². The van der Waals surface area contributed by atoms with E-state index in [1.807, 2.05) is 6.08 Å². The number of allylic oxidation sites excluding steroid dienone is 18. The van der Waals surface area contributed by atoms with E-state index in [4.69, 9.17) is 14.2 Å². The number of esters is 3. The highest BCUT2D eigenvalue weighted by Crippen LogP contribution is 2.12. The second kappa shape index (κ2) is 45.8. The maximum absolute atomic E-state index is 12.7. The molecule has 0 aliphatic carbocycles. The van der Waals surface area contributed by atoms with Crippen LogP contribution < -0.4 is 0 Å². The predicted octanol–water partition coefficient (Wildman–Crippen LogP) is 14.8. The number of carbonyl (C=O) groups excluding carboxylic acids is 3. The monoisotopic (exact) mass is 803 g/mol. The molecule has 0 aliphatic rings. The fraction of sp³-hybridized carbons (Fsp3) is 0.596. The molecule has 0 heterocycles. The molecule has 0 aromatic carbocycles. The first-order valence-corrected chi connectivity index (χ1v) is 22.9. The predicted molar refractivity (Wildman–Crippen MR) is 247 cm³/mol. The van der Waals surface area contributed by atoms with Crippen LogP contribution in [-0.2, 0) is 28.6 Å². The maximum Gasteiger partial charge on any atom is 0.306 e. The first-order chi connectivity index (χ1) is 28.5. The van der Waals surface area contributed by atoms with Crippen LogP contribution in [0, 0.1) is 0 Å². The van der Waals surface area contributed by atoms with Crippen molar-refractivity contribution < 1.29 is 28.6 Å². The van der Waals surface area contributed by atoms with E-state index >= 15 is 0 Å². The Hall–Kier alpha value is -3.93. The van der Waals surface area contributed by atoms with Crippen LogP contribution in [0.1, 0.15) is 181 Å². The number of unbranched alkanes of at least 4 members (excludes halogenated alkanes) is 12. The second-order valence-electron chi connectivity index (χ2n) is 14.6. The third-order valence-corrected chi connectivity index (χ3v) is 9.06. The van der Waals surface area contributed by atoms with Gasteiger partial charge in [0.2, 0.25) is 0 Å². The minimum atomic E-state index is -0.814. The van der Waals surface area contributed by atoms with Gasteiger partial charge in [-0.3, -0.25) is 14.4 Å². The molecule has 0 radical (unpaired) electrons. The van der Waals surface area contributed by atoms with Crippen LogP contribution in [-0.4, -0.2) is 37.2 Å². The van der Waals surface area contributed by atoms with Gasteiger partial charge in [0.25, 0.3) is 0 Å². The molecule has 1 unspecified atom stereocenters. The lowest BCUT2D eigenvalue weighted by Gasteiger charge is -2.18. The van der Waals surface area contributed by atoms with Crippen LogP contribution in [0.5, 0.6) is 0 Å². The van der Waals surface area contributed by atoms with Crippen LogP contribution in [0.4, 0.5) is 0 Å². The summed E-state index contributed by atoms with van der Waals surface area (Å²) in [7, 11) is 0. The number of hydrogen-bond acceptors (Lipinski definition) is 6. The van der Waals surface area contributed by atoms with E-state index in [1.165, 1.54) is 12.8 Å². The molecule has 6 nitrogen and oxygen atoms in total. The van der Waals surface area contributed by atoms with Crippen molar-refractivity contribution in [3.05, 3.63) is 109 Å². The van der Waals surface area contributed by atoms with Crippen molar-refractivity contribution in [2.24, 2.45) is 0 Å². The largest absolute Gasteiger partial charge is 0.462 e. The van der Waals surface area contributed by atoms with Gasteiger partial charge in [-0.1, -0.05) is 175 Å². The van der Waals surface area contributed by atoms with Crippen molar-refractivity contribution in [2.75, 3.05) is 13.2 Å². The van der Waals surface area contributed by atoms with E-state index in [-0.39, 0.29) is 44.0 Å². The molecule has 0 spiro atoms. The minimum absolute atomic E-state index is 0.112. The number of carbonyl (C=O) groups is 3. The van der Waals surface area contributed by atoms with E-state index in [2.05, 4.69) is 124 Å². The van der Waals surface area contributed by atoms with Gasteiger partial charge in [0.15, 0.2) is 6.10 Å². The highest BCUT2D eigenvalue weighted by Gasteiger charge is 2.19. The summed E-state index contributed by atoms with van der Waals surface area (Å²) in [5, 5.41) is 0. The zero-order chi connectivity index (χ0) is 42.3. The molecule has 0 aromatic heterocycles. The summed E-state index contributed by atoms with van der Waals surface area (Å²) < 4.78 is 16.6. The molecule has 0 rings (SSSR count). The van der Waals surface area contributed by atoms with Crippen LogP contribution in [0.2, 0.25) is 0 Å². The van der Waals surface area contributed by atoms with Crippen molar-refractivity contribution in [1.82, 2.24) is 0 Å². The zero-order valence-corrected chi connectivity index (χ0v) is 37.0. The third-order valence-electron chi connectivity index (χ3n) is 9.06. The molecule has 0 fully saturated rings. The highest BCUT2D eigenvalue weighted by molar-refractivity contribution is 5.71. The van der Waals surface area contributed by atoms with Gasteiger partial charge in [-0.25, -0.2) is 0 Å². The van der Waals surface area contributed by atoms with Gasteiger partial charge in [0.1, 0.15) is 13.2 Å². The van der Waals surface area contributed by atoms with Gasteiger partial charge in [0, 0.05) is 19.3 Å². The van der Waals surface area contributed by atoms with Gasteiger partial charge in [-0.15, -0.1) is 0 Å². The maximum atomic E-state index is 12.7. The van der Waals surface area contributed by atoms with Gasteiger partial charge < -0.3 is 14.2 Å². The summed E-state index contributed by atoms with van der Waals surface area (Å²) in [5.41, 5.74) is 0. The molecule has 1 atom stereocenters. The number of ether oxygens (including phenoxy) is 3. The normalized spacial score (nSPS) is 13.1. The van der Waals surface area contributed by atoms with Crippen molar-refractivity contribution >= 4 is 17.9 Å². The Morgan fingerprint density at radius 1 is 0.362 bits per heavy atom. The zero-order valence-electron chi connectivity index (χ0n) is 37.0. The summed E-state index contributed by atoms with van der Waals surface area (Å²) in [6.07, 6.45) is 60.8. The van der Waals surface area contributed by atoms with Crippen molar-refractivity contribution in [1.29, 1.82) is 0 Å². The Bertz CT molecular complexity index is 1240. The van der Waals surface area contributed by atoms with E-state index in [9.17, 15) is 14.4 Å². The van der Waals surface area contributed by atoms with Crippen molar-refractivity contribution in [2.45, 2.75) is 187 Å². The molecule has 326 valence electrons. The van der Waals surface area contributed by atoms with E-state index < -0.39 is 6.10 Å². The molecular weight excluding hydrogens is 721 g/mol. The molecule has 0 N–H and O–H groups in total. The van der Waals surface area contributed by atoms with Crippen LogP contribution >= 0.6 is 0 Å². The summed E-state index contributed by atoms with van der Waals surface area (Å²) in [6, 6.07) is 0. The lowest BCUT2D eigenvalue weighted by atomic mass is 10.1. The minimum Gasteiger partial charge on any atom is -0.462 e. The molecule has 58 heavy (non-hydrogen) atoms. The molecule has 0 amide bonds. The Labute approximate surface area is 355 Å². The quantitative estimate of drug-likeness (QED) is 0.0202. The first-order valence-electron chi connectivity index (χ1n) is 22.9. The standard InChI is InChI=1S/C52H82O6/c1-4-7-10-13-16-19-22-24-25-26-28-30-33-36-39-42-45-51(54)57-48-49(47-56-50(53)44-41-38-35-32-29-21-18-15-12-9-6-3)58-52(55)46-43-40-37-34-31-27-23-20-17-14-11-8-5-2/h7-12,14,16-21,23-25,32,35,49H,4-6,13,15,22,26-31,33-34,36-48H2,1-3H3/b10-7-,11-8-,12-9-,17-14-,19-16-,21-18-,23-20-,25-24-,35-32-. The smallest absolute Gasteiger partial charge is 0.306 e. The molecule has 0 saturated heterocycles. The van der Waals surface area contributed by atoms with Crippen LogP contribution in [0.15, 0.2) is 109 Å². The third kappa shape index (κ3) is 43.2. The molecule has 0 saturated carbocycles. The van der Waals surface area contributed by atoms with E-state index in [0.717, 1.165) is 122 Å². The fourth-order valence-electron chi connectivity index (χ4n) is 5.71. The molecule has 6 heteroatoms. The summed E-state index contributed by atoms with van der Waals surface area (Å²) >= 11 is 0. The lowest BCUT2D eigenvalue weighted by Crippen LogP contribution is -2.30. The lowest BCUT2D eigenvalue weighted by molar-refractivity contribution is -0.167. The molecule has 0 bridgehead atoms. The highest BCUT2D eigenvalue weighted by atomic mass is 16.6. The second-order valence-corrected chi connectivity index (χ2v) is 14.6. The molecule has 0 aliphatic heterocycles. The Balaban J connectivity index is 4.50. The van der Waals surface area contributed by atoms with Crippen LogP contribution in [0.25, 0.3) is 0 Å². The van der Waals surface area contributed by atoms with E-state index in [1.54, 1.807) is 0 Å². The topological polar surface area (TPSA) is 78.9 Å². The Kier molecular flexibility index (Phi) is 42.7. The number of hydrogen-bond donors (Lipinski definition) is 0. The summed E-state index contributed by atoms with van der Waals surface area (Å²) in [4.78, 5) is 37.8. The average Bonchev–Trinajstić information content (AvgIpc) is 3.22. The Morgan fingerprint density at radius 3 is 1.22 bits per heavy atom. The van der Waals surface area contributed by atoms with E-state index in [0.29, 0.717) is 12.8 Å². The molecular formula is C52H82O6. The van der Waals surface area contributed by atoms with Gasteiger partial charge in [-0.05, 0) is 96.3 Å². The SMILES string of the molecule is CC\C=C/C=C\C=C/CCCCCCCC(=O)OC(COC(=O)CCC/C=C\C/C=C\C/C=C\CC)COC(=O)CCCCCCCC/C=C\C/C=C\C/C=C\CC. The fourth-order valence-corrected chi connectivity index (χ4v) is 5.71. The Morgan fingerprint density at radius 2 is 0.724 bits per heavy atom. The van der Waals surface area contributed by atoms with Crippen LogP contribution in [0.3, 0.4) is 0 Å². The van der Waals surface area contributed by atoms with Crippen molar-refractivity contribution in [3.63, 3.8) is 0 Å². The average molecular weight is 803 g/mol.